The average Bonchev–Trinajstić information content (AvgIpc) is 3.09. The Morgan fingerprint density at radius 3 is 2.32 bits per heavy atom. The lowest BCUT2D eigenvalue weighted by molar-refractivity contribution is -0.130. The summed E-state index contributed by atoms with van der Waals surface area (Å²) in [6.45, 7) is 3.66. The molecule has 1 aromatic heterocycles. The minimum Gasteiger partial charge on any atom is -0.492 e. The van der Waals surface area contributed by atoms with E-state index in [1.165, 1.54) is 12.1 Å². The van der Waals surface area contributed by atoms with Gasteiger partial charge in [0.2, 0.25) is 42.2 Å². The molecule has 0 radical (unpaired) electrons. The summed E-state index contributed by atoms with van der Waals surface area (Å²) in [5.41, 5.74) is 0. The van der Waals surface area contributed by atoms with E-state index in [0.717, 1.165) is 4.73 Å². The normalized spacial score (nSPS) is 12.5. The van der Waals surface area contributed by atoms with Gasteiger partial charge in [-0.2, -0.15) is 0 Å². The quantitative estimate of drug-likeness (QED) is 0.0805. The Morgan fingerprint density at radius 2 is 1.71 bits per heavy atom. The topological polar surface area (TPSA) is 191 Å². The summed E-state index contributed by atoms with van der Waals surface area (Å²) < 4.78 is 0.721. The Kier molecular flexibility index (Phi) is 12.9. The van der Waals surface area contributed by atoms with E-state index in [-0.39, 0.29) is 43.1 Å². The molecule has 13 heteroatoms. The smallest absolute Gasteiger partial charge is 0.243 e. The lowest BCUT2D eigenvalue weighted by Crippen LogP contribution is -2.51. The van der Waals surface area contributed by atoms with Crippen LogP contribution in [0.5, 0.6) is 11.8 Å². The fraction of sp³-hybridized carbons (Fsp3) is 0.619. The molecule has 0 fully saturated rings. The van der Waals surface area contributed by atoms with Gasteiger partial charge >= 0.3 is 0 Å². The van der Waals surface area contributed by atoms with Crippen molar-refractivity contribution in [1.29, 1.82) is 0 Å². The summed E-state index contributed by atoms with van der Waals surface area (Å²) in [7, 11) is 0. The Morgan fingerprint density at radius 1 is 1.03 bits per heavy atom. The van der Waals surface area contributed by atoms with Crippen LogP contribution in [0.25, 0.3) is 0 Å². The molecule has 1 aromatic rings. The molecule has 2 atom stereocenters. The van der Waals surface area contributed by atoms with Crippen LogP contribution < -0.4 is 26.1 Å². The molecule has 0 bridgehead atoms. The number of amides is 4. The largest absolute Gasteiger partial charge is 0.492 e. The predicted molar refractivity (Wildman–Crippen MR) is 120 cm³/mol. The SMILES string of the molecule is CC(C)CC(NC(=O)CNC=O)C(=O)NCC(=O)NCCCCCC(O)On1c(O)ccc1O. The molecule has 2 unspecified atom stereocenters. The molecule has 13 nitrogen and oxygen atoms in total. The van der Waals surface area contributed by atoms with E-state index >= 15 is 0 Å². The van der Waals surface area contributed by atoms with Crippen molar-refractivity contribution in [2.24, 2.45) is 5.92 Å². The molecule has 0 spiro atoms. The van der Waals surface area contributed by atoms with Gasteiger partial charge in [0.1, 0.15) is 6.04 Å². The molecular weight excluding hydrogens is 450 g/mol. The number of carbonyl (C=O) groups is 4. The van der Waals surface area contributed by atoms with E-state index < -0.39 is 24.1 Å². The number of hydrogen-bond acceptors (Lipinski definition) is 8. The van der Waals surface area contributed by atoms with E-state index in [4.69, 9.17) is 4.84 Å². The van der Waals surface area contributed by atoms with Gasteiger partial charge in [-0.15, -0.1) is 4.73 Å². The minimum absolute atomic E-state index is 0.118. The highest BCUT2D eigenvalue weighted by Crippen LogP contribution is 2.19. The summed E-state index contributed by atoms with van der Waals surface area (Å²) in [6, 6.07) is 1.63. The number of aliphatic hydroxyl groups excluding tert-OH is 1. The zero-order chi connectivity index (χ0) is 25.5. The lowest BCUT2D eigenvalue weighted by atomic mass is 10.0. The molecule has 7 N–H and O–H groups in total. The number of nitrogens with one attached hydrogen (secondary N) is 4. The first-order valence-electron chi connectivity index (χ1n) is 11.1. The van der Waals surface area contributed by atoms with Gasteiger partial charge in [0.15, 0.2) is 0 Å². The second-order valence-electron chi connectivity index (χ2n) is 8.07. The van der Waals surface area contributed by atoms with Crippen molar-refractivity contribution in [3.8, 4) is 11.8 Å². The van der Waals surface area contributed by atoms with Crippen molar-refractivity contribution >= 4 is 24.1 Å². The molecule has 0 aliphatic carbocycles. The second kappa shape index (κ2) is 15.4. The van der Waals surface area contributed by atoms with Crippen LogP contribution in [-0.4, -0.2) is 76.1 Å². The third-order valence-corrected chi connectivity index (χ3v) is 4.60. The maximum Gasteiger partial charge on any atom is 0.243 e. The Hall–Kier alpha value is -3.48. The van der Waals surface area contributed by atoms with Crippen LogP contribution in [0.3, 0.4) is 0 Å². The van der Waals surface area contributed by atoms with E-state index in [9.17, 15) is 34.5 Å². The molecule has 0 aliphatic rings. The highest BCUT2D eigenvalue weighted by Gasteiger charge is 2.22. The number of aromatic hydroxyl groups is 2. The van der Waals surface area contributed by atoms with Gasteiger partial charge in [-0.3, -0.25) is 19.2 Å². The van der Waals surface area contributed by atoms with E-state index in [0.29, 0.717) is 38.6 Å². The number of aromatic nitrogens is 1. The zero-order valence-electron chi connectivity index (χ0n) is 19.5. The van der Waals surface area contributed by atoms with Crippen molar-refractivity contribution in [3.05, 3.63) is 12.1 Å². The standard InChI is InChI=1S/C21H35N5O8/c1-14(2)10-15(25-17(29)11-22-13-27)21(33)24-12-16(28)23-9-5-3-4-6-20(32)34-26-18(30)7-8-19(26)31/h7-8,13-15,20,30-32H,3-6,9-12H2,1-2H3,(H,22,27)(H,23,28)(H,24,33)(H,25,29). The fourth-order valence-corrected chi connectivity index (χ4v) is 2.97. The number of unbranched alkanes of at least 4 members (excludes halogenated alkanes) is 2. The summed E-state index contributed by atoms with van der Waals surface area (Å²) in [5.74, 6) is -1.93. The van der Waals surface area contributed by atoms with Crippen molar-refractivity contribution in [1.82, 2.24) is 26.0 Å². The Labute approximate surface area is 197 Å². The van der Waals surface area contributed by atoms with Crippen LogP contribution in [0.4, 0.5) is 0 Å². The molecule has 0 aromatic carbocycles. The lowest BCUT2D eigenvalue weighted by Gasteiger charge is -2.20. The molecule has 34 heavy (non-hydrogen) atoms. The minimum atomic E-state index is -1.22. The molecule has 0 aliphatic heterocycles. The van der Waals surface area contributed by atoms with Crippen LogP contribution >= 0.6 is 0 Å². The fourth-order valence-electron chi connectivity index (χ4n) is 2.97. The summed E-state index contributed by atoms with van der Waals surface area (Å²) >= 11 is 0. The van der Waals surface area contributed by atoms with Crippen molar-refractivity contribution in [2.75, 3.05) is 19.6 Å². The molecule has 192 valence electrons. The van der Waals surface area contributed by atoms with Crippen LogP contribution in [0.2, 0.25) is 0 Å². The van der Waals surface area contributed by atoms with Gasteiger partial charge in [0.05, 0.1) is 13.1 Å². The first-order valence-corrected chi connectivity index (χ1v) is 11.1. The second-order valence-corrected chi connectivity index (χ2v) is 8.07. The maximum atomic E-state index is 12.4. The average molecular weight is 486 g/mol. The van der Waals surface area contributed by atoms with Gasteiger partial charge in [-0.1, -0.05) is 20.3 Å². The van der Waals surface area contributed by atoms with E-state index in [1.54, 1.807) is 0 Å². The van der Waals surface area contributed by atoms with Crippen LogP contribution in [0.1, 0.15) is 46.0 Å². The first kappa shape index (κ1) is 28.6. The predicted octanol–water partition coefficient (Wildman–Crippen LogP) is -1.28. The third-order valence-electron chi connectivity index (χ3n) is 4.60. The molecule has 0 saturated carbocycles. The highest BCUT2D eigenvalue weighted by molar-refractivity contribution is 5.91. The highest BCUT2D eigenvalue weighted by atomic mass is 16.7. The molecule has 0 saturated heterocycles. The van der Waals surface area contributed by atoms with Crippen molar-refractivity contribution < 1.29 is 39.3 Å². The van der Waals surface area contributed by atoms with Crippen LogP contribution in [-0.2, 0) is 19.2 Å². The molecular formula is C21H35N5O8. The van der Waals surface area contributed by atoms with Gasteiger partial charge < -0.3 is 41.4 Å². The Balaban J connectivity index is 2.23. The van der Waals surface area contributed by atoms with Crippen molar-refractivity contribution in [2.45, 2.75) is 58.3 Å². The Bertz CT molecular complexity index is 779. The number of rotatable bonds is 17. The molecule has 4 amide bonds. The van der Waals surface area contributed by atoms with Gasteiger partial charge in [0, 0.05) is 25.1 Å². The van der Waals surface area contributed by atoms with E-state index in [2.05, 4.69) is 21.3 Å². The summed E-state index contributed by atoms with van der Waals surface area (Å²) in [6.07, 6.45) is 1.68. The summed E-state index contributed by atoms with van der Waals surface area (Å²) in [5, 5.41) is 38.7. The zero-order valence-corrected chi connectivity index (χ0v) is 19.5. The van der Waals surface area contributed by atoms with Gasteiger partial charge in [-0.05, 0) is 25.2 Å². The van der Waals surface area contributed by atoms with Gasteiger partial charge in [-0.25, -0.2) is 0 Å². The first-order chi connectivity index (χ1) is 16.1. The number of aliphatic hydroxyl groups is 1. The van der Waals surface area contributed by atoms with Crippen LogP contribution in [0.15, 0.2) is 12.1 Å². The van der Waals surface area contributed by atoms with Crippen molar-refractivity contribution in [3.63, 3.8) is 0 Å². The van der Waals surface area contributed by atoms with E-state index in [1.807, 2.05) is 13.8 Å². The number of hydrogen-bond donors (Lipinski definition) is 7. The van der Waals surface area contributed by atoms with Gasteiger partial charge in [0.25, 0.3) is 0 Å². The molecule has 1 heterocycles. The molecule has 1 rings (SSSR count). The third kappa shape index (κ3) is 11.4. The number of nitrogens with zero attached hydrogens (tertiary/aromatic N) is 1. The number of carbonyl (C=O) groups excluding carboxylic acids is 4. The monoisotopic (exact) mass is 485 g/mol. The van der Waals surface area contributed by atoms with Crippen LogP contribution in [0, 0.1) is 5.92 Å². The summed E-state index contributed by atoms with van der Waals surface area (Å²) in [4.78, 5) is 51.4. The maximum absolute atomic E-state index is 12.4.